The molecule has 0 saturated heterocycles. The minimum Gasteiger partial charge on any atom is -0.387 e. The molecule has 3 N–H and O–H groups in total. The lowest BCUT2D eigenvalue weighted by Crippen LogP contribution is -2.25. The molecule has 138 valence electrons. The number of rotatable bonds is 10. The second-order valence-electron chi connectivity index (χ2n) is 6.13. The molecule has 26 heavy (non-hydrogen) atoms. The molecule has 2 rings (SSSR count). The predicted molar refractivity (Wildman–Crippen MR) is 106 cm³/mol. The van der Waals surface area contributed by atoms with Gasteiger partial charge in [-0.1, -0.05) is 43.2 Å². The summed E-state index contributed by atoms with van der Waals surface area (Å²) < 4.78 is 0. The van der Waals surface area contributed by atoms with Gasteiger partial charge in [0.2, 0.25) is 5.91 Å². The molecule has 0 spiro atoms. The molecule has 0 aromatic heterocycles. The molecule has 2 amide bonds. The zero-order valence-corrected chi connectivity index (χ0v) is 15.3. The summed E-state index contributed by atoms with van der Waals surface area (Å²) in [5.41, 5.74) is 2.32. The molecular formula is C21H27N3O2. The highest BCUT2D eigenvalue weighted by molar-refractivity contribution is 5.99. The van der Waals surface area contributed by atoms with Gasteiger partial charge in [-0.2, -0.15) is 0 Å². The number of para-hydroxylation sites is 2. The van der Waals surface area contributed by atoms with Crippen LogP contribution in [-0.4, -0.2) is 25.4 Å². The van der Waals surface area contributed by atoms with Crippen molar-refractivity contribution in [2.24, 2.45) is 0 Å². The molecule has 0 aliphatic rings. The Morgan fingerprint density at radius 1 is 0.846 bits per heavy atom. The smallest absolute Gasteiger partial charge is 0.253 e. The average molecular weight is 353 g/mol. The number of unbranched alkanes of at least 4 members (excludes halogenated alkanes) is 3. The molecule has 0 fully saturated rings. The largest absolute Gasteiger partial charge is 0.387 e. The van der Waals surface area contributed by atoms with E-state index in [1.807, 2.05) is 54.6 Å². The number of hydrogen-bond donors (Lipinski definition) is 3. The summed E-state index contributed by atoms with van der Waals surface area (Å²) in [5, 5.41) is 8.86. The molecule has 0 radical (unpaired) electrons. The Bertz CT molecular complexity index is 701. The zero-order chi connectivity index (χ0) is 18.6. The Kier molecular flexibility index (Phi) is 8.19. The minimum absolute atomic E-state index is 0.0492. The standard InChI is InChI=1S/C21H27N3O2/c1-22-19-14-9-8-13-18(19)21(26)23-16-10-3-2-7-15-20(25)24-17-11-5-4-6-12-17/h4-6,8-9,11-14,22H,2-3,7,10,15-16H2,1H3,(H,23,26)(H,24,25). The van der Waals surface area contributed by atoms with Gasteiger partial charge in [-0.25, -0.2) is 0 Å². The van der Waals surface area contributed by atoms with Crippen LogP contribution in [0.4, 0.5) is 11.4 Å². The third-order valence-electron chi connectivity index (χ3n) is 4.11. The van der Waals surface area contributed by atoms with Crippen molar-refractivity contribution in [2.45, 2.75) is 32.1 Å². The van der Waals surface area contributed by atoms with Crippen LogP contribution in [0, 0.1) is 0 Å². The minimum atomic E-state index is -0.0582. The second-order valence-corrected chi connectivity index (χ2v) is 6.13. The molecule has 0 unspecified atom stereocenters. The maximum atomic E-state index is 12.2. The van der Waals surface area contributed by atoms with E-state index in [2.05, 4.69) is 16.0 Å². The van der Waals surface area contributed by atoms with Crippen LogP contribution in [0.5, 0.6) is 0 Å². The number of nitrogens with one attached hydrogen (secondary N) is 3. The molecule has 0 saturated carbocycles. The Balaban J connectivity index is 1.55. The van der Waals surface area contributed by atoms with Gasteiger partial charge in [-0.05, 0) is 37.1 Å². The predicted octanol–water partition coefficient (Wildman–Crippen LogP) is 4.05. The van der Waals surface area contributed by atoms with Crippen LogP contribution in [0.1, 0.15) is 42.5 Å². The molecular weight excluding hydrogens is 326 g/mol. The van der Waals surface area contributed by atoms with Gasteiger partial charge in [0.15, 0.2) is 0 Å². The fourth-order valence-electron chi connectivity index (χ4n) is 2.71. The van der Waals surface area contributed by atoms with Gasteiger partial charge in [0, 0.05) is 31.4 Å². The first-order valence-corrected chi connectivity index (χ1v) is 9.10. The van der Waals surface area contributed by atoms with Crippen LogP contribution in [0.25, 0.3) is 0 Å². The average Bonchev–Trinajstić information content (AvgIpc) is 2.67. The number of amides is 2. The van der Waals surface area contributed by atoms with Crippen LogP contribution < -0.4 is 16.0 Å². The molecule has 0 heterocycles. The zero-order valence-electron chi connectivity index (χ0n) is 15.3. The van der Waals surface area contributed by atoms with Crippen molar-refractivity contribution < 1.29 is 9.59 Å². The number of anilines is 2. The summed E-state index contributed by atoms with van der Waals surface area (Å²) >= 11 is 0. The molecule has 0 atom stereocenters. The van der Waals surface area contributed by atoms with E-state index in [1.54, 1.807) is 7.05 Å². The van der Waals surface area contributed by atoms with Crippen molar-refractivity contribution in [2.75, 3.05) is 24.2 Å². The van der Waals surface area contributed by atoms with Gasteiger partial charge in [-0.15, -0.1) is 0 Å². The molecule has 2 aromatic carbocycles. The third kappa shape index (κ3) is 6.59. The van der Waals surface area contributed by atoms with Crippen LogP contribution >= 0.6 is 0 Å². The van der Waals surface area contributed by atoms with Crippen LogP contribution in [0.2, 0.25) is 0 Å². The van der Waals surface area contributed by atoms with Crippen LogP contribution in [-0.2, 0) is 4.79 Å². The third-order valence-corrected chi connectivity index (χ3v) is 4.11. The summed E-state index contributed by atoms with van der Waals surface area (Å²) in [6.45, 7) is 0.646. The van der Waals surface area contributed by atoms with E-state index in [1.165, 1.54) is 0 Å². The van der Waals surface area contributed by atoms with E-state index in [9.17, 15) is 9.59 Å². The maximum absolute atomic E-state index is 12.2. The lowest BCUT2D eigenvalue weighted by atomic mass is 10.1. The van der Waals surface area contributed by atoms with E-state index >= 15 is 0 Å². The lowest BCUT2D eigenvalue weighted by Gasteiger charge is -2.09. The van der Waals surface area contributed by atoms with Gasteiger partial charge >= 0.3 is 0 Å². The molecule has 5 heteroatoms. The Morgan fingerprint density at radius 2 is 1.54 bits per heavy atom. The van der Waals surface area contributed by atoms with Crippen molar-refractivity contribution in [3.05, 3.63) is 60.2 Å². The first-order chi connectivity index (χ1) is 12.7. The molecule has 0 bridgehead atoms. The Labute approximate surface area is 155 Å². The number of hydrogen-bond acceptors (Lipinski definition) is 3. The molecule has 0 aliphatic heterocycles. The van der Waals surface area contributed by atoms with Crippen LogP contribution in [0.3, 0.4) is 0 Å². The fourth-order valence-corrected chi connectivity index (χ4v) is 2.71. The summed E-state index contributed by atoms with van der Waals surface area (Å²) in [7, 11) is 1.81. The van der Waals surface area contributed by atoms with Gasteiger partial charge in [-0.3, -0.25) is 9.59 Å². The highest BCUT2D eigenvalue weighted by Gasteiger charge is 2.08. The van der Waals surface area contributed by atoms with Crippen molar-refractivity contribution in [3.8, 4) is 0 Å². The monoisotopic (exact) mass is 353 g/mol. The van der Waals surface area contributed by atoms with Gasteiger partial charge in [0.25, 0.3) is 5.91 Å². The van der Waals surface area contributed by atoms with Gasteiger partial charge < -0.3 is 16.0 Å². The van der Waals surface area contributed by atoms with Gasteiger partial charge in [0.1, 0.15) is 0 Å². The summed E-state index contributed by atoms with van der Waals surface area (Å²) in [6.07, 6.45) is 4.26. The first-order valence-electron chi connectivity index (χ1n) is 9.10. The quantitative estimate of drug-likeness (QED) is 0.564. The van der Waals surface area contributed by atoms with Crippen molar-refractivity contribution in [1.29, 1.82) is 0 Å². The normalized spacial score (nSPS) is 10.2. The fraction of sp³-hybridized carbons (Fsp3) is 0.333. The van der Waals surface area contributed by atoms with Crippen molar-refractivity contribution in [3.63, 3.8) is 0 Å². The summed E-state index contributed by atoms with van der Waals surface area (Å²) in [5.74, 6) is -0.00892. The van der Waals surface area contributed by atoms with E-state index in [-0.39, 0.29) is 11.8 Å². The first kappa shape index (κ1) is 19.5. The summed E-state index contributed by atoms with van der Waals surface area (Å²) in [4.78, 5) is 24.0. The number of carbonyl (C=O) groups excluding carboxylic acids is 2. The number of benzene rings is 2. The second kappa shape index (κ2) is 10.9. The van der Waals surface area contributed by atoms with Crippen LogP contribution in [0.15, 0.2) is 54.6 Å². The van der Waals surface area contributed by atoms with Crippen molar-refractivity contribution in [1.82, 2.24) is 5.32 Å². The highest BCUT2D eigenvalue weighted by atomic mass is 16.2. The highest BCUT2D eigenvalue weighted by Crippen LogP contribution is 2.14. The maximum Gasteiger partial charge on any atom is 0.253 e. The Morgan fingerprint density at radius 3 is 2.31 bits per heavy atom. The van der Waals surface area contributed by atoms with Crippen molar-refractivity contribution >= 4 is 23.2 Å². The van der Waals surface area contributed by atoms with E-state index in [0.717, 1.165) is 37.1 Å². The SMILES string of the molecule is CNc1ccccc1C(=O)NCCCCCCC(=O)Nc1ccccc1. The molecule has 5 nitrogen and oxygen atoms in total. The molecule has 0 aliphatic carbocycles. The van der Waals surface area contributed by atoms with Gasteiger partial charge in [0.05, 0.1) is 5.56 Å². The lowest BCUT2D eigenvalue weighted by molar-refractivity contribution is -0.116. The number of carbonyl (C=O) groups is 2. The van der Waals surface area contributed by atoms with E-state index < -0.39 is 0 Å². The topological polar surface area (TPSA) is 70.2 Å². The van der Waals surface area contributed by atoms with E-state index in [0.29, 0.717) is 18.5 Å². The Hall–Kier alpha value is -2.82. The molecule has 2 aromatic rings. The summed E-state index contributed by atoms with van der Waals surface area (Å²) in [6, 6.07) is 16.9. The van der Waals surface area contributed by atoms with E-state index in [4.69, 9.17) is 0 Å².